The molecule has 0 aliphatic heterocycles. The molecular weight excluding hydrogens is 343 g/mol. The Hall–Kier alpha value is -2.66. The minimum absolute atomic E-state index is 0.0955. The normalized spacial score (nSPS) is 10.7. The smallest absolute Gasteiger partial charge is 0.226 e. The topological polar surface area (TPSA) is 55.1 Å². The number of hydrogen-bond acceptors (Lipinski definition) is 3. The van der Waals surface area contributed by atoms with E-state index in [9.17, 15) is 9.18 Å². The average Bonchev–Trinajstić information content (AvgIpc) is 2.95. The maximum Gasteiger partial charge on any atom is 0.226 e. The number of amides is 1. The summed E-state index contributed by atoms with van der Waals surface area (Å²) in [5, 5.41) is 3.48. The molecule has 0 saturated heterocycles. The number of benzene rings is 2. The highest BCUT2D eigenvalue weighted by molar-refractivity contribution is 6.30. The summed E-state index contributed by atoms with van der Waals surface area (Å²) in [5.74, 6) is 0.311. The summed E-state index contributed by atoms with van der Waals surface area (Å²) < 4.78 is 18.9. The van der Waals surface area contributed by atoms with Crippen molar-refractivity contribution in [2.45, 2.75) is 19.9 Å². The van der Waals surface area contributed by atoms with E-state index in [1.807, 2.05) is 12.1 Å². The van der Waals surface area contributed by atoms with Crippen molar-refractivity contribution in [1.82, 2.24) is 10.3 Å². The zero-order chi connectivity index (χ0) is 17.8. The van der Waals surface area contributed by atoms with Crippen molar-refractivity contribution in [2.24, 2.45) is 0 Å². The first-order valence-electron chi connectivity index (χ1n) is 7.74. The van der Waals surface area contributed by atoms with E-state index in [4.69, 9.17) is 16.0 Å². The number of carbonyl (C=O) groups is 1. The number of rotatable bonds is 5. The molecule has 0 aliphatic rings. The molecule has 0 atom stereocenters. The van der Waals surface area contributed by atoms with E-state index in [2.05, 4.69) is 10.3 Å². The fourth-order valence-corrected chi connectivity index (χ4v) is 2.48. The molecule has 1 amide bonds. The first-order chi connectivity index (χ1) is 12.0. The first kappa shape index (κ1) is 17.2. The molecule has 4 nitrogen and oxygen atoms in total. The number of aromatic nitrogens is 1. The van der Waals surface area contributed by atoms with Crippen LogP contribution in [0.1, 0.15) is 17.0 Å². The largest absolute Gasteiger partial charge is 0.441 e. The van der Waals surface area contributed by atoms with Crippen LogP contribution in [0.5, 0.6) is 0 Å². The predicted octanol–water partition coefficient (Wildman–Crippen LogP) is 4.30. The molecule has 0 fully saturated rings. The maximum absolute atomic E-state index is 13.3. The highest BCUT2D eigenvalue weighted by atomic mass is 35.5. The molecule has 1 heterocycles. The lowest BCUT2D eigenvalue weighted by molar-refractivity contribution is -0.120. The monoisotopic (exact) mass is 358 g/mol. The first-order valence-corrected chi connectivity index (χ1v) is 8.12. The summed E-state index contributed by atoms with van der Waals surface area (Å²) in [6.07, 6.45) is 0.0955. The molecule has 0 unspecified atom stereocenters. The van der Waals surface area contributed by atoms with Crippen LogP contribution in [0.4, 0.5) is 4.39 Å². The molecule has 0 radical (unpaired) electrons. The van der Waals surface area contributed by atoms with Gasteiger partial charge in [0, 0.05) is 17.1 Å². The van der Waals surface area contributed by atoms with Gasteiger partial charge in [0.05, 0.1) is 12.1 Å². The van der Waals surface area contributed by atoms with Crippen LogP contribution in [0.15, 0.2) is 52.9 Å². The summed E-state index contributed by atoms with van der Waals surface area (Å²) in [6.45, 7) is 2.14. The molecule has 0 aliphatic carbocycles. The van der Waals surface area contributed by atoms with Gasteiger partial charge in [0.15, 0.2) is 0 Å². The van der Waals surface area contributed by atoms with Gasteiger partial charge < -0.3 is 9.73 Å². The highest BCUT2D eigenvalue weighted by Crippen LogP contribution is 2.22. The lowest BCUT2D eigenvalue weighted by Crippen LogP contribution is -2.24. The molecule has 3 aromatic rings. The quantitative estimate of drug-likeness (QED) is 0.739. The van der Waals surface area contributed by atoms with Crippen molar-refractivity contribution in [3.8, 4) is 11.5 Å². The summed E-state index contributed by atoms with van der Waals surface area (Å²) >= 11 is 5.83. The molecule has 25 heavy (non-hydrogen) atoms. The second-order valence-corrected chi connectivity index (χ2v) is 6.05. The number of aryl methyl sites for hydroxylation is 1. The summed E-state index contributed by atoms with van der Waals surface area (Å²) in [6, 6.07) is 13.2. The van der Waals surface area contributed by atoms with Crippen molar-refractivity contribution in [1.29, 1.82) is 0 Å². The molecule has 0 bridgehead atoms. The number of hydrogen-bond donors (Lipinski definition) is 1. The number of nitrogens with one attached hydrogen (secondary N) is 1. The number of nitrogens with zero attached hydrogens (tertiary/aromatic N) is 1. The second-order valence-electron chi connectivity index (χ2n) is 5.61. The van der Waals surface area contributed by atoms with Gasteiger partial charge in [-0.25, -0.2) is 9.37 Å². The van der Waals surface area contributed by atoms with E-state index in [1.165, 1.54) is 12.1 Å². The molecule has 1 N–H and O–H groups in total. The van der Waals surface area contributed by atoms with Crippen molar-refractivity contribution in [2.75, 3.05) is 0 Å². The Balaban J connectivity index is 1.64. The van der Waals surface area contributed by atoms with Crippen LogP contribution in [0.2, 0.25) is 5.02 Å². The van der Waals surface area contributed by atoms with E-state index in [0.717, 1.165) is 5.56 Å². The summed E-state index contributed by atoms with van der Waals surface area (Å²) in [5.41, 5.74) is 2.03. The summed E-state index contributed by atoms with van der Waals surface area (Å²) in [7, 11) is 0. The van der Waals surface area contributed by atoms with Crippen LogP contribution in [-0.2, 0) is 17.8 Å². The molecule has 0 spiro atoms. The maximum atomic E-state index is 13.3. The van der Waals surface area contributed by atoms with Crippen molar-refractivity contribution < 1.29 is 13.6 Å². The van der Waals surface area contributed by atoms with Crippen LogP contribution in [0, 0.1) is 12.7 Å². The molecule has 6 heteroatoms. The molecule has 3 rings (SSSR count). The third kappa shape index (κ3) is 4.45. The SMILES string of the molecule is Cc1oc(-c2cccc(F)c2)nc1CC(=O)NCc1ccc(Cl)cc1. The van der Waals surface area contributed by atoms with Gasteiger partial charge >= 0.3 is 0 Å². The van der Waals surface area contributed by atoms with Crippen LogP contribution in [0.3, 0.4) is 0 Å². The summed E-state index contributed by atoms with van der Waals surface area (Å²) in [4.78, 5) is 16.4. The number of oxazole rings is 1. The second kappa shape index (κ2) is 7.49. The van der Waals surface area contributed by atoms with Gasteiger partial charge in [-0.3, -0.25) is 4.79 Å². The number of carbonyl (C=O) groups excluding carboxylic acids is 1. The lowest BCUT2D eigenvalue weighted by atomic mass is 10.2. The van der Waals surface area contributed by atoms with E-state index in [0.29, 0.717) is 34.5 Å². The van der Waals surface area contributed by atoms with Crippen molar-refractivity contribution in [3.63, 3.8) is 0 Å². The van der Waals surface area contributed by atoms with Gasteiger partial charge in [-0.2, -0.15) is 0 Å². The van der Waals surface area contributed by atoms with Gasteiger partial charge in [-0.1, -0.05) is 29.8 Å². The third-order valence-corrected chi connectivity index (χ3v) is 3.95. The lowest BCUT2D eigenvalue weighted by Gasteiger charge is -2.04. The van der Waals surface area contributed by atoms with Gasteiger partial charge in [0.2, 0.25) is 11.8 Å². The fourth-order valence-electron chi connectivity index (χ4n) is 2.35. The van der Waals surface area contributed by atoms with Crippen LogP contribution >= 0.6 is 11.6 Å². The zero-order valence-electron chi connectivity index (χ0n) is 13.6. The van der Waals surface area contributed by atoms with E-state index < -0.39 is 0 Å². The van der Waals surface area contributed by atoms with E-state index >= 15 is 0 Å². The minimum atomic E-state index is -0.365. The standard InChI is InChI=1S/C19H16ClFN2O2/c1-12-17(23-19(25-12)14-3-2-4-16(21)9-14)10-18(24)22-11-13-5-7-15(20)8-6-13/h2-9H,10-11H2,1H3,(H,22,24). The number of halogens is 2. The molecule has 1 aromatic heterocycles. The highest BCUT2D eigenvalue weighted by Gasteiger charge is 2.15. The van der Waals surface area contributed by atoms with Crippen LogP contribution < -0.4 is 5.32 Å². The van der Waals surface area contributed by atoms with Gasteiger partial charge in [0.25, 0.3) is 0 Å². The Bertz CT molecular complexity index is 891. The Labute approximate surface area is 149 Å². The Morgan fingerprint density at radius 2 is 2.00 bits per heavy atom. The van der Waals surface area contributed by atoms with Crippen LogP contribution in [0.25, 0.3) is 11.5 Å². The fraction of sp³-hybridized carbons (Fsp3) is 0.158. The molecule has 0 saturated carbocycles. The van der Waals surface area contributed by atoms with Gasteiger partial charge in [-0.15, -0.1) is 0 Å². The molecule has 2 aromatic carbocycles. The van der Waals surface area contributed by atoms with E-state index in [1.54, 1.807) is 31.2 Å². The predicted molar refractivity (Wildman–Crippen MR) is 93.6 cm³/mol. The third-order valence-electron chi connectivity index (χ3n) is 3.70. The molecule has 128 valence electrons. The van der Waals surface area contributed by atoms with Crippen molar-refractivity contribution in [3.05, 3.63) is 76.4 Å². The van der Waals surface area contributed by atoms with Gasteiger partial charge in [0.1, 0.15) is 11.6 Å². The van der Waals surface area contributed by atoms with E-state index in [-0.39, 0.29) is 18.1 Å². The van der Waals surface area contributed by atoms with Gasteiger partial charge in [-0.05, 0) is 42.8 Å². The Kier molecular flexibility index (Phi) is 5.14. The van der Waals surface area contributed by atoms with Crippen LogP contribution in [-0.4, -0.2) is 10.9 Å². The zero-order valence-corrected chi connectivity index (χ0v) is 14.3. The molecular formula is C19H16ClFN2O2. The Morgan fingerprint density at radius 3 is 2.72 bits per heavy atom. The van der Waals surface area contributed by atoms with Crippen molar-refractivity contribution >= 4 is 17.5 Å². The average molecular weight is 359 g/mol. The Morgan fingerprint density at radius 1 is 1.24 bits per heavy atom. The minimum Gasteiger partial charge on any atom is -0.441 e.